The summed E-state index contributed by atoms with van der Waals surface area (Å²) in [7, 11) is 0. The number of carbonyl (C=O) groups is 1. The number of ether oxygens (including phenoxy) is 3. The van der Waals surface area contributed by atoms with Crippen LogP contribution in [-0.4, -0.2) is 39.0 Å². The third-order valence-electron chi connectivity index (χ3n) is 5.94. The lowest BCUT2D eigenvalue weighted by molar-refractivity contribution is -0.144. The molecule has 192 valence electrons. The number of unbranched alkanes of at least 4 members (excludes halogenated alkanes) is 16. The van der Waals surface area contributed by atoms with E-state index < -0.39 is 0 Å². The molecule has 0 aromatic carbocycles. The number of carbonyl (C=O) groups excluding carboxylic acids is 1. The molecule has 0 aliphatic heterocycles. The van der Waals surface area contributed by atoms with Crippen molar-refractivity contribution in [2.24, 2.45) is 0 Å². The fourth-order valence-electron chi connectivity index (χ4n) is 3.83. The molecule has 4 nitrogen and oxygen atoms in total. The lowest BCUT2D eigenvalue weighted by Crippen LogP contribution is -2.09. The largest absolute Gasteiger partial charge is 0.466 e. The van der Waals surface area contributed by atoms with Crippen LogP contribution in [0.5, 0.6) is 0 Å². The number of esters is 1. The summed E-state index contributed by atoms with van der Waals surface area (Å²) in [6.45, 7) is 7.76. The van der Waals surface area contributed by atoms with Crippen LogP contribution in [0.25, 0.3) is 0 Å². The zero-order valence-electron chi connectivity index (χ0n) is 21.8. The Balaban J connectivity index is 3.13. The molecule has 0 unspecified atom stereocenters. The summed E-state index contributed by atoms with van der Waals surface area (Å²) in [6, 6.07) is 0. The molecule has 0 N–H and O–H groups in total. The van der Waals surface area contributed by atoms with Crippen molar-refractivity contribution in [2.75, 3.05) is 33.0 Å². The number of rotatable bonds is 27. The minimum atomic E-state index is -0.0875. The first-order chi connectivity index (χ1) is 15.8. The van der Waals surface area contributed by atoms with Gasteiger partial charge in [0.2, 0.25) is 0 Å². The van der Waals surface area contributed by atoms with E-state index in [1.807, 2.05) is 0 Å². The Bertz CT molecular complexity index is 359. The lowest BCUT2D eigenvalue weighted by atomic mass is 10.0. The Morgan fingerprint density at radius 2 is 0.812 bits per heavy atom. The van der Waals surface area contributed by atoms with Crippen molar-refractivity contribution in [3.8, 4) is 0 Å². The fourth-order valence-corrected chi connectivity index (χ4v) is 3.83. The molecule has 4 heteroatoms. The monoisotopic (exact) mass is 456 g/mol. The minimum absolute atomic E-state index is 0.0875. The predicted octanol–water partition coefficient (Wildman–Crippen LogP) is 8.40. The van der Waals surface area contributed by atoms with E-state index in [2.05, 4.69) is 13.8 Å². The van der Waals surface area contributed by atoms with E-state index >= 15 is 0 Å². The molecule has 0 saturated carbocycles. The zero-order chi connectivity index (χ0) is 23.4. The summed E-state index contributed by atoms with van der Waals surface area (Å²) in [5, 5.41) is 0. The third-order valence-corrected chi connectivity index (χ3v) is 5.94. The van der Waals surface area contributed by atoms with Crippen molar-refractivity contribution >= 4 is 5.97 Å². The van der Waals surface area contributed by atoms with E-state index in [1.165, 1.54) is 103 Å². The highest BCUT2D eigenvalue weighted by atomic mass is 16.5. The second-order valence-corrected chi connectivity index (χ2v) is 9.21. The molecular weight excluding hydrogens is 400 g/mol. The highest BCUT2D eigenvalue weighted by Crippen LogP contribution is 2.13. The molecular formula is C28H56O4. The van der Waals surface area contributed by atoms with E-state index in [1.54, 1.807) is 0 Å². The smallest absolute Gasteiger partial charge is 0.305 e. The quantitative estimate of drug-likeness (QED) is 0.0919. The van der Waals surface area contributed by atoms with Crippen LogP contribution in [0.15, 0.2) is 0 Å². The topological polar surface area (TPSA) is 44.8 Å². The fraction of sp³-hybridized carbons (Fsp3) is 0.964. The van der Waals surface area contributed by atoms with E-state index in [4.69, 9.17) is 14.2 Å². The first kappa shape index (κ1) is 31.4. The van der Waals surface area contributed by atoms with E-state index in [0.29, 0.717) is 32.8 Å². The lowest BCUT2D eigenvalue weighted by Gasteiger charge is -2.07. The molecule has 0 bridgehead atoms. The molecule has 0 fully saturated rings. The van der Waals surface area contributed by atoms with Crippen LogP contribution < -0.4 is 0 Å². The van der Waals surface area contributed by atoms with Crippen molar-refractivity contribution in [1.29, 1.82) is 0 Å². The average Bonchev–Trinajstić information content (AvgIpc) is 2.80. The number of hydrogen-bond donors (Lipinski definition) is 0. The van der Waals surface area contributed by atoms with Gasteiger partial charge in [0.15, 0.2) is 0 Å². The molecule has 0 aliphatic carbocycles. The molecule has 32 heavy (non-hydrogen) atoms. The van der Waals surface area contributed by atoms with Crippen molar-refractivity contribution in [3.63, 3.8) is 0 Å². The Kier molecular flexibility index (Phi) is 27.9. The molecule has 0 rings (SSSR count). The maximum absolute atomic E-state index is 11.7. The molecule has 0 aromatic heterocycles. The highest BCUT2D eigenvalue weighted by Gasteiger charge is 2.02. The summed E-state index contributed by atoms with van der Waals surface area (Å²) in [6.07, 6.45) is 24.9. The Labute approximate surface area is 200 Å². The van der Waals surface area contributed by atoms with Crippen LogP contribution in [0.3, 0.4) is 0 Å². The molecule has 0 radical (unpaired) electrons. The van der Waals surface area contributed by atoms with Gasteiger partial charge in [-0.15, -0.1) is 0 Å². The maximum Gasteiger partial charge on any atom is 0.305 e. The number of hydrogen-bond acceptors (Lipinski definition) is 4. The normalized spacial score (nSPS) is 11.2. The average molecular weight is 457 g/mol. The van der Waals surface area contributed by atoms with Crippen LogP contribution in [0.2, 0.25) is 0 Å². The Morgan fingerprint density at radius 3 is 1.31 bits per heavy atom. The standard InChI is InChI=1S/C28H56O4/c1-3-5-7-9-10-11-12-13-14-15-16-17-18-20-25-32-28(29)22-21-24-31-27-26-30-23-19-8-6-4-2/h3-27H2,1-2H3. The van der Waals surface area contributed by atoms with Crippen LogP contribution in [0, 0.1) is 0 Å². The predicted molar refractivity (Wildman–Crippen MR) is 136 cm³/mol. The highest BCUT2D eigenvalue weighted by molar-refractivity contribution is 5.69. The third kappa shape index (κ3) is 27.4. The van der Waals surface area contributed by atoms with Gasteiger partial charge in [-0.05, 0) is 19.3 Å². The molecule has 0 heterocycles. The van der Waals surface area contributed by atoms with Gasteiger partial charge in [-0.25, -0.2) is 0 Å². The van der Waals surface area contributed by atoms with Gasteiger partial charge in [0.25, 0.3) is 0 Å². The van der Waals surface area contributed by atoms with E-state index in [-0.39, 0.29) is 5.97 Å². The molecule has 0 aliphatic rings. The first-order valence-corrected chi connectivity index (χ1v) is 14.1. The van der Waals surface area contributed by atoms with Crippen LogP contribution in [0.4, 0.5) is 0 Å². The molecule has 0 amide bonds. The second-order valence-electron chi connectivity index (χ2n) is 9.21. The van der Waals surface area contributed by atoms with E-state index in [0.717, 1.165) is 25.9 Å². The molecule has 0 atom stereocenters. The van der Waals surface area contributed by atoms with Crippen molar-refractivity contribution in [1.82, 2.24) is 0 Å². The Morgan fingerprint density at radius 1 is 0.438 bits per heavy atom. The van der Waals surface area contributed by atoms with Crippen LogP contribution in [0.1, 0.15) is 142 Å². The van der Waals surface area contributed by atoms with Gasteiger partial charge >= 0.3 is 5.97 Å². The summed E-state index contributed by atoms with van der Waals surface area (Å²) in [5.74, 6) is -0.0875. The summed E-state index contributed by atoms with van der Waals surface area (Å²) in [5.41, 5.74) is 0. The van der Waals surface area contributed by atoms with Gasteiger partial charge in [0.1, 0.15) is 0 Å². The van der Waals surface area contributed by atoms with Crippen molar-refractivity contribution in [2.45, 2.75) is 142 Å². The minimum Gasteiger partial charge on any atom is -0.466 e. The molecule has 0 aromatic rings. The maximum atomic E-state index is 11.7. The van der Waals surface area contributed by atoms with Gasteiger partial charge in [-0.2, -0.15) is 0 Å². The first-order valence-electron chi connectivity index (χ1n) is 14.1. The van der Waals surface area contributed by atoms with Crippen LogP contribution >= 0.6 is 0 Å². The second kappa shape index (κ2) is 28.4. The zero-order valence-corrected chi connectivity index (χ0v) is 21.8. The molecule has 0 saturated heterocycles. The van der Waals surface area contributed by atoms with Gasteiger partial charge in [0, 0.05) is 19.6 Å². The summed E-state index contributed by atoms with van der Waals surface area (Å²) >= 11 is 0. The summed E-state index contributed by atoms with van der Waals surface area (Å²) in [4.78, 5) is 11.7. The van der Waals surface area contributed by atoms with Gasteiger partial charge < -0.3 is 14.2 Å². The molecule has 0 spiro atoms. The van der Waals surface area contributed by atoms with Crippen LogP contribution in [-0.2, 0) is 19.0 Å². The van der Waals surface area contributed by atoms with Crippen molar-refractivity contribution < 1.29 is 19.0 Å². The van der Waals surface area contributed by atoms with Gasteiger partial charge in [-0.1, -0.05) is 117 Å². The van der Waals surface area contributed by atoms with E-state index in [9.17, 15) is 4.79 Å². The summed E-state index contributed by atoms with van der Waals surface area (Å²) < 4.78 is 16.4. The SMILES string of the molecule is CCCCCCCCCCCCCCCCOC(=O)CCCOCCOCCCCCC. The van der Waals surface area contributed by atoms with Gasteiger partial charge in [0.05, 0.1) is 19.8 Å². The Hall–Kier alpha value is -0.610. The van der Waals surface area contributed by atoms with Crippen molar-refractivity contribution in [3.05, 3.63) is 0 Å². The van der Waals surface area contributed by atoms with Gasteiger partial charge in [-0.3, -0.25) is 4.79 Å².